The molecule has 25 heavy (non-hydrogen) atoms. The lowest BCUT2D eigenvalue weighted by molar-refractivity contribution is -0.145. The molecule has 6 nitrogen and oxygen atoms in total. The first-order valence-corrected chi connectivity index (χ1v) is 7.88. The summed E-state index contributed by atoms with van der Waals surface area (Å²) >= 11 is 0. The molecule has 0 radical (unpaired) electrons. The van der Waals surface area contributed by atoms with Crippen LogP contribution in [0.5, 0.6) is 0 Å². The second-order valence-corrected chi connectivity index (χ2v) is 5.54. The minimum atomic E-state index is -0.935. The minimum Gasteiger partial charge on any atom is -0.467 e. The van der Waals surface area contributed by atoms with E-state index >= 15 is 0 Å². The van der Waals surface area contributed by atoms with E-state index in [9.17, 15) is 18.8 Å². The number of benzene rings is 1. The van der Waals surface area contributed by atoms with E-state index in [0.29, 0.717) is 18.4 Å². The molecule has 0 bridgehead atoms. The van der Waals surface area contributed by atoms with Crippen LogP contribution in [0.15, 0.2) is 36.9 Å². The average molecular weight is 350 g/mol. The Bertz CT molecular complexity index is 633. The van der Waals surface area contributed by atoms with Crippen molar-refractivity contribution in [3.05, 3.63) is 48.3 Å². The first-order chi connectivity index (χ1) is 11.9. The standard InChI is InChI=1S/C18H23FN2O4/c1-4-5-9-15(18(24)25-3)21-17(23)16(20-12(2)22)11-13-7-6-8-14(19)10-13/h4,6-8,10,15-16H,1,5,9,11H2,2-3H3,(H,20,22)(H,21,23)/t15-,16+/m0/s1. The van der Waals surface area contributed by atoms with Crippen LogP contribution in [0.25, 0.3) is 0 Å². The average Bonchev–Trinajstić information content (AvgIpc) is 2.56. The monoisotopic (exact) mass is 350 g/mol. The van der Waals surface area contributed by atoms with Crippen molar-refractivity contribution in [1.29, 1.82) is 0 Å². The van der Waals surface area contributed by atoms with Gasteiger partial charge in [0, 0.05) is 13.3 Å². The zero-order valence-electron chi connectivity index (χ0n) is 14.4. The molecule has 0 aliphatic rings. The lowest BCUT2D eigenvalue weighted by Crippen LogP contribution is -2.52. The van der Waals surface area contributed by atoms with E-state index < -0.39 is 35.7 Å². The number of esters is 1. The van der Waals surface area contributed by atoms with Gasteiger partial charge in [0.15, 0.2) is 0 Å². The van der Waals surface area contributed by atoms with Crippen LogP contribution in [-0.2, 0) is 25.5 Å². The van der Waals surface area contributed by atoms with E-state index in [-0.39, 0.29) is 6.42 Å². The van der Waals surface area contributed by atoms with Gasteiger partial charge in [0.1, 0.15) is 17.9 Å². The minimum absolute atomic E-state index is 0.0958. The quantitative estimate of drug-likeness (QED) is 0.522. The Morgan fingerprint density at radius 2 is 2.00 bits per heavy atom. The maximum absolute atomic E-state index is 13.3. The van der Waals surface area contributed by atoms with Gasteiger partial charge in [-0.2, -0.15) is 0 Å². The second kappa shape index (κ2) is 10.2. The Balaban J connectivity index is 2.88. The number of nitrogens with one attached hydrogen (secondary N) is 2. The Labute approximate surface area is 146 Å². The first kappa shape index (κ1) is 20.3. The number of carbonyl (C=O) groups excluding carboxylic acids is 3. The van der Waals surface area contributed by atoms with E-state index in [4.69, 9.17) is 0 Å². The second-order valence-electron chi connectivity index (χ2n) is 5.54. The van der Waals surface area contributed by atoms with Crippen molar-refractivity contribution in [2.75, 3.05) is 7.11 Å². The number of allylic oxidation sites excluding steroid dienone is 1. The zero-order valence-corrected chi connectivity index (χ0v) is 14.4. The summed E-state index contributed by atoms with van der Waals surface area (Å²) in [5.41, 5.74) is 0.551. The van der Waals surface area contributed by atoms with E-state index in [1.807, 2.05) is 0 Å². The van der Waals surface area contributed by atoms with Crippen LogP contribution < -0.4 is 10.6 Å². The summed E-state index contributed by atoms with van der Waals surface area (Å²) in [6.45, 7) is 4.86. The van der Waals surface area contributed by atoms with Crippen LogP contribution in [0.1, 0.15) is 25.3 Å². The van der Waals surface area contributed by atoms with E-state index in [1.54, 1.807) is 12.1 Å². The molecule has 0 aliphatic carbocycles. The van der Waals surface area contributed by atoms with E-state index in [0.717, 1.165) is 0 Å². The van der Waals surface area contributed by atoms with Crippen molar-refractivity contribution < 1.29 is 23.5 Å². The van der Waals surface area contributed by atoms with Gasteiger partial charge in [0.05, 0.1) is 7.11 Å². The predicted octanol–water partition coefficient (Wildman–Crippen LogP) is 1.50. The fourth-order valence-corrected chi connectivity index (χ4v) is 2.30. The van der Waals surface area contributed by atoms with Crippen LogP contribution in [0.3, 0.4) is 0 Å². The van der Waals surface area contributed by atoms with Gasteiger partial charge in [0.25, 0.3) is 0 Å². The van der Waals surface area contributed by atoms with Crippen molar-refractivity contribution in [2.24, 2.45) is 0 Å². The molecular weight excluding hydrogens is 327 g/mol. The maximum atomic E-state index is 13.3. The number of hydrogen-bond donors (Lipinski definition) is 2. The molecule has 0 fully saturated rings. The van der Waals surface area contributed by atoms with E-state index in [2.05, 4.69) is 21.9 Å². The maximum Gasteiger partial charge on any atom is 0.328 e. The van der Waals surface area contributed by atoms with Gasteiger partial charge in [-0.15, -0.1) is 6.58 Å². The molecule has 1 aromatic rings. The molecule has 0 saturated heterocycles. The number of hydrogen-bond acceptors (Lipinski definition) is 4. The summed E-state index contributed by atoms with van der Waals surface area (Å²) in [5, 5.41) is 5.09. The van der Waals surface area contributed by atoms with Gasteiger partial charge in [-0.25, -0.2) is 9.18 Å². The van der Waals surface area contributed by atoms with E-state index in [1.165, 1.54) is 32.2 Å². The molecule has 2 amide bonds. The lowest BCUT2D eigenvalue weighted by atomic mass is 10.0. The molecule has 0 saturated carbocycles. The summed E-state index contributed by atoms with van der Waals surface area (Å²) in [6, 6.07) is 3.97. The van der Waals surface area contributed by atoms with Crippen LogP contribution in [0.2, 0.25) is 0 Å². The number of carbonyl (C=O) groups is 3. The first-order valence-electron chi connectivity index (χ1n) is 7.88. The normalized spacial score (nSPS) is 12.6. The highest BCUT2D eigenvalue weighted by Gasteiger charge is 2.26. The largest absolute Gasteiger partial charge is 0.467 e. The van der Waals surface area contributed by atoms with Crippen LogP contribution in [0.4, 0.5) is 4.39 Å². The van der Waals surface area contributed by atoms with Gasteiger partial charge in [-0.1, -0.05) is 18.2 Å². The third kappa shape index (κ3) is 7.15. The molecule has 2 N–H and O–H groups in total. The molecule has 1 rings (SSSR count). The summed E-state index contributed by atoms with van der Waals surface area (Å²) in [5.74, 6) is -1.96. The van der Waals surface area contributed by atoms with Crippen LogP contribution in [-0.4, -0.2) is 37.0 Å². The fourth-order valence-electron chi connectivity index (χ4n) is 2.30. The fraction of sp³-hybridized carbons (Fsp3) is 0.389. The summed E-state index contributed by atoms with van der Waals surface area (Å²) in [7, 11) is 1.23. The van der Waals surface area contributed by atoms with Gasteiger partial charge in [-0.3, -0.25) is 9.59 Å². The summed E-state index contributed by atoms with van der Waals surface area (Å²) in [4.78, 5) is 35.7. The summed E-state index contributed by atoms with van der Waals surface area (Å²) in [6.07, 6.45) is 2.56. The van der Waals surface area contributed by atoms with Crippen molar-refractivity contribution in [2.45, 2.75) is 38.3 Å². The molecule has 0 heterocycles. The predicted molar refractivity (Wildman–Crippen MR) is 91.1 cm³/mol. The number of amides is 2. The Morgan fingerprint density at radius 3 is 2.56 bits per heavy atom. The Kier molecular flexibility index (Phi) is 8.32. The topological polar surface area (TPSA) is 84.5 Å². The Morgan fingerprint density at radius 1 is 1.28 bits per heavy atom. The van der Waals surface area contributed by atoms with Gasteiger partial charge < -0.3 is 15.4 Å². The third-order valence-electron chi connectivity index (χ3n) is 3.48. The number of methoxy groups -OCH3 is 1. The molecule has 0 unspecified atom stereocenters. The highest BCUT2D eigenvalue weighted by atomic mass is 19.1. The third-order valence-corrected chi connectivity index (χ3v) is 3.48. The number of halogens is 1. The Hall–Kier alpha value is -2.70. The SMILES string of the molecule is C=CCC[C@H](NC(=O)[C@@H](Cc1cccc(F)c1)NC(C)=O)C(=O)OC. The molecule has 0 aromatic heterocycles. The van der Waals surface area contributed by atoms with Gasteiger partial charge in [-0.05, 0) is 30.5 Å². The number of rotatable bonds is 9. The molecule has 0 aliphatic heterocycles. The molecule has 136 valence electrons. The van der Waals surface area contributed by atoms with Crippen molar-refractivity contribution >= 4 is 17.8 Å². The molecule has 1 aromatic carbocycles. The van der Waals surface area contributed by atoms with Crippen molar-refractivity contribution in [3.8, 4) is 0 Å². The molecule has 2 atom stereocenters. The van der Waals surface area contributed by atoms with Gasteiger partial charge >= 0.3 is 5.97 Å². The highest BCUT2D eigenvalue weighted by Crippen LogP contribution is 2.08. The molecule has 0 spiro atoms. The zero-order chi connectivity index (χ0) is 18.8. The van der Waals surface area contributed by atoms with Crippen LogP contribution in [0, 0.1) is 5.82 Å². The van der Waals surface area contributed by atoms with Crippen molar-refractivity contribution in [3.63, 3.8) is 0 Å². The van der Waals surface area contributed by atoms with Crippen molar-refractivity contribution in [1.82, 2.24) is 10.6 Å². The summed E-state index contributed by atoms with van der Waals surface area (Å²) < 4.78 is 18.0. The van der Waals surface area contributed by atoms with Gasteiger partial charge in [0.2, 0.25) is 11.8 Å². The number of ether oxygens (including phenoxy) is 1. The smallest absolute Gasteiger partial charge is 0.328 e. The molecular formula is C18H23FN2O4. The molecule has 7 heteroatoms. The van der Waals surface area contributed by atoms with Crippen LogP contribution >= 0.6 is 0 Å². The lowest BCUT2D eigenvalue weighted by Gasteiger charge is -2.21. The highest BCUT2D eigenvalue weighted by molar-refractivity contribution is 5.90.